The monoisotopic (exact) mass is 384 g/mol. The molecule has 0 unspecified atom stereocenters. The van der Waals surface area contributed by atoms with Crippen molar-refractivity contribution in [3.8, 4) is 16.5 Å². The molecule has 2 heterocycles. The lowest BCUT2D eigenvalue weighted by atomic mass is 10.1. The van der Waals surface area contributed by atoms with Crippen molar-refractivity contribution in [3.05, 3.63) is 59.3 Å². The summed E-state index contributed by atoms with van der Waals surface area (Å²) in [7, 11) is 1.69. The van der Waals surface area contributed by atoms with E-state index in [1.54, 1.807) is 24.7 Å². The molecule has 0 aliphatic rings. The van der Waals surface area contributed by atoms with Gasteiger partial charge in [0.15, 0.2) is 5.96 Å². The maximum absolute atomic E-state index is 5.54. The number of ether oxygens (including phenoxy) is 1. The molecule has 1 aromatic carbocycles. The Morgan fingerprint density at radius 2 is 2.11 bits per heavy atom. The maximum Gasteiger partial charge on any atom is 0.236 e. The Morgan fingerprint density at radius 3 is 2.89 bits per heavy atom. The quantitative estimate of drug-likeness (QED) is 0.458. The molecule has 3 rings (SSSR count). The molecule has 142 valence electrons. The molecule has 0 amide bonds. The molecule has 0 bridgehead atoms. The third kappa shape index (κ3) is 5.34. The van der Waals surface area contributed by atoms with E-state index in [1.165, 1.54) is 5.56 Å². The van der Waals surface area contributed by atoms with Crippen LogP contribution in [0.2, 0.25) is 0 Å². The Hall–Kier alpha value is -2.80. The molecule has 6 nitrogen and oxygen atoms in total. The van der Waals surface area contributed by atoms with E-state index in [0.29, 0.717) is 12.4 Å². The number of thiophene rings is 1. The highest BCUT2D eigenvalue weighted by Gasteiger charge is 2.08. The third-order valence-electron chi connectivity index (χ3n) is 3.91. The highest BCUT2D eigenvalue weighted by Crippen LogP contribution is 2.23. The number of benzene rings is 1. The molecule has 0 saturated heterocycles. The van der Waals surface area contributed by atoms with Gasteiger partial charge in [-0.2, -0.15) is 0 Å². The number of para-hydroxylation sites is 1. The summed E-state index contributed by atoms with van der Waals surface area (Å²) in [4.78, 5) is 10.1. The number of aliphatic imine (C=N–C) groups is 1. The number of methoxy groups -OCH3 is 1. The predicted octanol–water partition coefficient (Wildman–Crippen LogP) is 3.71. The first-order valence-corrected chi connectivity index (χ1v) is 9.80. The van der Waals surface area contributed by atoms with Crippen LogP contribution in [0.4, 0.5) is 0 Å². The van der Waals surface area contributed by atoms with Gasteiger partial charge in [-0.3, -0.25) is 0 Å². The fourth-order valence-corrected chi connectivity index (χ4v) is 3.28. The average molecular weight is 385 g/mol. The summed E-state index contributed by atoms with van der Waals surface area (Å²) in [6.45, 7) is 4.05. The van der Waals surface area contributed by atoms with Crippen molar-refractivity contribution in [1.29, 1.82) is 0 Å². The second-order valence-electron chi connectivity index (χ2n) is 5.81. The van der Waals surface area contributed by atoms with Gasteiger partial charge in [0.25, 0.3) is 0 Å². The Bertz CT molecular complexity index is 859. The largest absolute Gasteiger partial charge is 0.496 e. The van der Waals surface area contributed by atoms with Crippen LogP contribution in [0.15, 0.2) is 57.5 Å². The molecular weight excluding hydrogens is 360 g/mol. The van der Waals surface area contributed by atoms with Gasteiger partial charge in [0.1, 0.15) is 17.7 Å². The van der Waals surface area contributed by atoms with Crippen molar-refractivity contribution in [2.45, 2.75) is 19.9 Å². The summed E-state index contributed by atoms with van der Waals surface area (Å²) >= 11 is 1.61. The number of hydrogen-bond donors (Lipinski definition) is 2. The van der Waals surface area contributed by atoms with Gasteiger partial charge in [0.2, 0.25) is 5.89 Å². The van der Waals surface area contributed by atoms with Crippen molar-refractivity contribution >= 4 is 17.3 Å². The molecule has 0 fully saturated rings. The lowest BCUT2D eigenvalue weighted by Gasteiger charge is -2.12. The van der Waals surface area contributed by atoms with E-state index in [1.807, 2.05) is 42.6 Å². The fraction of sp³-hybridized carbons (Fsp3) is 0.300. The van der Waals surface area contributed by atoms with Gasteiger partial charge in [0, 0.05) is 13.1 Å². The third-order valence-corrected chi connectivity index (χ3v) is 4.76. The number of oxazole rings is 1. The van der Waals surface area contributed by atoms with Gasteiger partial charge in [-0.15, -0.1) is 11.3 Å². The zero-order chi connectivity index (χ0) is 18.9. The second kappa shape index (κ2) is 9.78. The minimum absolute atomic E-state index is 0.457. The van der Waals surface area contributed by atoms with E-state index in [9.17, 15) is 0 Å². The normalized spacial score (nSPS) is 11.4. The highest BCUT2D eigenvalue weighted by atomic mass is 32.1. The van der Waals surface area contributed by atoms with E-state index in [-0.39, 0.29) is 0 Å². The summed E-state index contributed by atoms with van der Waals surface area (Å²) < 4.78 is 10.9. The summed E-state index contributed by atoms with van der Waals surface area (Å²) in [6.07, 6.45) is 2.51. The number of aromatic nitrogens is 1. The first-order valence-electron chi connectivity index (χ1n) is 8.92. The molecule has 2 N–H and O–H groups in total. The fourth-order valence-electron chi connectivity index (χ4n) is 2.62. The summed E-state index contributed by atoms with van der Waals surface area (Å²) in [5, 5.41) is 8.61. The molecule has 0 saturated carbocycles. The van der Waals surface area contributed by atoms with E-state index in [0.717, 1.165) is 41.8 Å². The molecule has 7 heteroatoms. The standard InChI is InChI=1S/C20H24N4O2S/c1-3-21-20(22-11-10-15-7-4-5-8-17(15)25-2)23-13-16-14-26-19(24-16)18-9-6-12-27-18/h4-9,12,14H,3,10-11,13H2,1-2H3,(H2,21,22,23). The predicted molar refractivity (Wildman–Crippen MR) is 109 cm³/mol. The second-order valence-corrected chi connectivity index (χ2v) is 6.75. The number of hydrogen-bond acceptors (Lipinski definition) is 5. The van der Waals surface area contributed by atoms with Crippen molar-refractivity contribution in [2.75, 3.05) is 20.2 Å². The topological polar surface area (TPSA) is 71.7 Å². The van der Waals surface area contributed by atoms with Crippen molar-refractivity contribution in [3.63, 3.8) is 0 Å². The first-order chi connectivity index (χ1) is 13.3. The minimum atomic E-state index is 0.457. The van der Waals surface area contributed by atoms with E-state index < -0.39 is 0 Å². The smallest absolute Gasteiger partial charge is 0.236 e. The molecule has 0 aliphatic carbocycles. The van der Waals surface area contributed by atoms with Crippen molar-refractivity contribution < 1.29 is 9.15 Å². The molecule has 0 radical (unpaired) electrons. The van der Waals surface area contributed by atoms with Crippen LogP contribution in [0.5, 0.6) is 5.75 Å². The van der Waals surface area contributed by atoms with Crippen LogP contribution in [0.3, 0.4) is 0 Å². The minimum Gasteiger partial charge on any atom is -0.496 e. The Morgan fingerprint density at radius 1 is 1.22 bits per heavy atom. The molecule has 0 spiro atoms. The SMILES string of the molecule is CCNC(=NCc1coc(-c2cccs2)n1)NCCc1ccccc1OC. The summed E-state index contributed by atoms with van der Waals surface area (Å²) in [5.41, 5.74) is 1.97. The van der Waals surface area contributed by atoms with Gasteiger partial charge < -0.3 is 19.8 Å². The van der Waals surface area contributed by atoms with Gasteiger partial charge >= 0.3 is 0 Å². The summed E-state index contributed by atoms with van der Waals surface area (Å²) in [5.74, 6) is 2.31. The van der Waals surface area contributed by atoms with Crippen LogP contribution in [0, 0.1) is 0 Å². The molecule has 2 aromatic heterocycles. The maximum atomic E-state index is 5.54. The van der Waals surface area contributed by atoms with Crippen LogP contribution in [-0.4, -0.2) is 31.1 Å². The van der Waals surface area contributed by atoms with Crippen LogP contribution in [0.1, 0.15) is 18.2 Å². The highest BCUT2D eigenvalue weighted by molar-refractivity contribution is 7.13. The number of nitrogens with zero attached hydrogens (tertiary/aromatic N) is 2. The van der Waals surface area contributed by atoms with Crippen LogP contribution < -0.4 is 15.4 Å². The zero-order valence-electron chi connectivity index (χ0n) is 15.6. The van der Waals surface area contributed by atoms with E-state index in [2.05, 4.69) is 26.7 Å². The number of rotatable bonds is 8. The van der Waals surface area contributed by atoms with E-state index >= 15 is 0 Å². The van der Waals surface area contributed by atoms with Gasteiger partial charge in [0.05, 0.1) is 18.5 Å². The molecule has 0 atom stereocenters. The van der Waals surface area contributed by atoms with Gasteiger partial charge in [-0.1, -0.05) is 24.3 Å². The Kier molecular flexibility index (Phi) is 6.87. The number of guanidine groups is 1. The Labute approximate surface area is 163 Å². The molecule has 27 heavy (non-hydrogen) atoms. The lowest BCUT2D eigenvalue weighted by molar-refractivity contribution is 0.409. The van der Waals surface area contributed by atoms with E-state index in [4.69, 9.17) is 9.15 Å². The molecule has 3 aromatic rings. The van der Waals surface area contributed by atoms with Crippen LogP contribution >= 0.6 is 11.3 Å². The summed E-state index contributed by atoms with van der Waals surface area (Å²) in [6, 6.07) is 12.0. The number of nitrogens with one attached hydrogen (secondary N) is 2. The van der Waals surface area contributed by atoms with Crippen molar-refractivity contribution in [2.24, 2.45) is 4.99 Å². The molecular formula is C20H24N4O2S. The molecule has 0 aliphatic heterocycles. The van der Waals surface area contributed by atoms with Crippen LogP contribution in [0.25, 0.3) is 10.8 Å². The Balaban J connectivity index is 1.56. The lowest BCUT2D eigenvalue weighted by Crippen LogP contribution is -2.38. The van der Waals surface area contributed by atoms with Gasteiger partial charge in [-0.25, -0.2) is 9.98 Å². The zero-order valence-corrected chi connectivity index (χ0v) is 16.4. The van der Waals surface area contributed by atoms with Gasteiger partial charge in [-0.05, 0) is 36.4 Å². The van der Waals surface area contributed by atoms with Crippen molar-refractivity contribution in [1.82, 2.24) is 15.6 Å². The average Bonchev–Trinajstić information content (AvgIpc) is 3.38. The van der Waals surface area contributed by atoms with Crippen LogP contribution in [-0.2, 0) is 13.0 Å². The first kappa shape index (κ1) is 19.0.